The number of benzene rings is 1. The van der Waals surface area contributed by atoms with E-state index in [4.69, 9.17) is 0 Å². The molecule has 0 saturated heterocycles. The van der Waals surface area contributed by atoms with E-state index in [0.29, 0.717) is 17.4 Å². The standard InChI is InChI=1S/C16H21F3O/c1-10-7-11(2)9-13(8-10)15(20)12-3-5-14(6-4-12)16(17,18)19/h3-6,10-11,13,15,20H,7-9H2,1-2H3. The summed E-state index contributed by atoms with van der Waals surface area (Å²) in [6.07, 6.45) is -1.95. The monoisotopic (exact) mass is 286 g/mol. The van der Waals surface area contributed by atoms with Crippen LogP contribution >= 0.6 is 0 Å². The van der Waals surface area contributed by atoms with Gasteiger partial charge in [0.25, 0.3) is 0 Å². The van der Waals surface area contributed by atoms with Crippen molar-refractivity contribution < 1.29 is 18.3 Å². The van der Waals surface area contributed by atoms with Gasteiger partial charge in [0.2, 0.25) is 0 Å². The lowest BCUT2D eigenvalue weighted by molar-refractivity contribution is -0.137. The lowest BCUT2D eigenvalue weighted by Crippen LogP contribution is -2.24. The minimum absolute atomic E-state index is 0.144. The molecule has 1 saturated carbocycles. The van der Waals surface area contributed by atoms with Crippen molar-refractivity contribution in [2.24, 2.45) is 17.8 Å². The zero-order chi connectivity index (χ0) is 14.9. The third-order valence-electron chi connectivity index (χ3n) is 4.24. The molecule has 1 N–H and O–H groups in total. The molecule has 1 aromatic carbocycles. The van der Waals surface area contributed by atoms with Crippen molar-refractivity contribution in [3.05, 3.63) is 35.4 Å². The van der Waals surface area contributed by atoms with E-state index in [1.165, 1.54) is 12.1 Å². The first-order chi connectivity index (χ1) is 9.27. The Morgan fingerprint density at radius 3 is 1.95 bits per heavy atom. The fourth-order valence-electron chi connectivity index (χ4n) is 3.41. The van der Waals surface area contributed by atoms with Gasteiger partial charge in [-0.15, -0.1) is 0 Å². The van der Waals surface area contributed by atoms with Gasteiger partial charge in [0.15, 0.2) is 0 Å². The number of halogens is 3. The van der Waals surface area contributed by atoms with Crippen LogP contribution in [0, 0.1) is 17.8 Å². The van der Waals surface area contributed by atoms with Gasteiger partial charge in [-0.3, -0.25) is 0 Å². The lowest BCUT2D eigenvalue weighted by atomic mass is 9.73. The quantitative estimate of drug-likeness (QED) is 0.827. The number of rotatable bonds is 2. The molecule has 0 amide bonds. The molecule has 4 heteroatoms. The summed E-state index contributed by atoms with van der Waals surface area (Å²) in [5, 5.41) is 10.4. The highest BCUT2D eigenvalue weighted by Gasteiger charge is 2.32. The number of alkyl halides is 3. The smallest absolute Gasteiger partial charge is 0.388 e. The predicted octanol–water partition coefficient (Wildman–Crippen LogP) is 4.81. The largest absolute Gasteiger partial charge is 0.416 e. The van der Waals surface area contributed by atoms with Gasteiger partial charge in [-0.1, -0.05) is 26.0 Å². The van der Waals surface area contributed by atoms with Crippen molar-refractivity contribution in [1.29, 1.82) is 0 Å². The first-order valence-corrected chi connectivity index (χ1v) is 7.12. The Morgan fingerprint density at radius 2 is 1.50 bits per heavy atom. The number of hydrogen-bond donors (Lipinski definition) is 1. The maximum atomic E-state index is 12.5. The van der Waals surface area contributed by atoms with Crippen LogP contribution in [0.3, 0.4) is 0 Å². The number of aliphatic hydroxyl groups is 1. The Labute approximate surface area is 117 Å². The molecule has 1 aromatic rings. The summed E-state index contributed by atoms with van der Waals surface area (Å²) in [6.45, 7) is 4.34. The van der Waals surface area contributed by atoms with Crippen LogP contribution in [0.2, 0.25) is 0 Å². The van der Waals surface area contributed by atoms with Crippen LogP contribution in [0.15, 0.2) is 24.3 Å². The zero-order valence-corrected chi connectivity index (χ0v) is 11.8. The van der Waals surface area contributed by atoms with E-state index in [-0.39, 0.29) is 5.92 Å². The van der Waals surface area contributed by atoms with Gasteiger partial charge in [-0.05, 0) is 54.7 Å². The maximum absolute atomic E-state index is 12.5. The summed E-state index contributed by atoms with van der Waals surface area (Å²) >= 11 is 0. The molecule has 2 rings (SSSR count). The summed E-state index contributed by atoms with van der Waals surface area (Å²) in [6, 6.07) is 4.90. The Morgan fingerprint density at radius 1 is 1.00 bits per heavy atom. The third-order valence-corrected chi connectivity index (χ3v) is 4.24. The third kappa shape index (κ3) is 3.54. The van der Waals surface area contributed by atoms with Crippen molar-refractivity contribution in [2.75, 3.05) is 0 Å². The van der Waals surface area contributed by atoms with E-state index in [9.17, 15) is 18.3 Å². The summed E-state index contributed by atoms with van der Waals surface area (Å²) in [5.41, 5.74) is -0.0804. The van der Waals surface area contributed by atoms with Gasteiger partial charge in [-0.25, -0.2) is 0 Å². The molecule has 0 bridgehead atoms. The van der Waals surface area contributed by atoms with Crippen LogP contribution in [0.4, 0.5) is 13.2 Å². The molecule has 0 heterocycles. The van der Waals surface area contributed by atoms with Crippen LogP contribution in [0.1, 0.15) is 50.3 Å². The maximum Gasteiger partial charge on any atom is 0.416 e. The first kappa shape index (κ1) is 15.4. The Balaban J connectivity index is 2.11. The molecular formula is C16H21F3O. The van der Waals surface area contributed by atoms with Gasteiger partial charge in [0.1, 0.15) is 0 Å². The summed E-state index contributed by atoms with van der Waals surface area (Å²) in [4.78, 5) is 0. The molecule has 112 valence electrons. The van der Waals surface area contributed by atoms with Crippen molar-refractivity contribution in [3.63, 3.8) is 0 Å². The van der Waals surface area contributed by atoms with E-state index in [1.807, 2.05) is 0 Å². The zero-order valence-electron chi connectivity index (χ0n) is 11.8. The molecule has 20 heavy (non-hydrogen) atoms. The molecule has 3 unspecified atom stereocenters. The number of aliphatic hydroxyl groups excluding tert-OH is 1. The van der Waals surface area contributed by atoms with Gasteiger partial charge in [0, 0.05) is 0 Å². The highest BCUT2D eigenvalue weighted by Crippen LogP contribution is 2.40. The second-order valence-electron chi connectivity index (χ2n) is 6.24. The topological polar surface area (TPSA) is 20.2 Å². The van der Waals surface area contributed by atoms with Gasteiger partial charge < -0.3 is 5.11 Å². The highest BCUT2D eigenvalue weighted by molar-refractivity contribution is 5.26. The van der Waals surface area contributed by atoms with E-state index < -0.39 is 17.8 Å². The summed E-state index contributed by atoms with van der Waals surface area (Å²) in [7, 11) is 0. The summed E-state index contributed by atoms with van der Waals surface area (Å²) in [5.74, 6) is 1.27. The molecule has 0 aromatic heterocycles. The summed E-state index contributed by atoms with van der Waals surface area (Å²) < 4.78 is 37.5. The number of hydrogen-bond acceptors (Lipinski definition) is 1. The van der Waals surface area contributed by atoms with Crippen molar-refractivity contribution in [3.8, 4) is 0 Å². The molecule has 0 radical (unpaired) electrons. The van der Waals surface area contributed by atoms with Crippen molar-refractivity contribution in [2.45, 2.75) is 45.4 Å². The molecular weight excluding hydrogens is 265 g/mol. The molecule has 0 spiro atoms. The minimum atomic E-state index is -4.32. The molecule has 1 aliphatic rings. The van der Waals surface area contributed by atoms with Gasteiger partial charge >= 0.3 is 6.18 Å². The average molecular weight is 286 g/mol. The molecule has 0 aliphatic heterocycles. The van der Waals surface area contributed by atoms with Crippen LogP contribution in [0.25, 0.3) is 0 Å². The fraction of sp³-hybridized carbons (Fsp3) is 0.625. The second-order valence-corrected chi connectivity index (χ2v) is 6.24. The van der Waals surface area contributed by atoms with Gasteiger partial charge in [0.05, 0.1) is 11.7 Å². The fourth-order valence-corrected chi connectivity index (χ4v) is 3.41. The average Bonchev–Trinajstić information content (AvgIpc) is 2.36. The van der Waals surface area contributed by atoms with E-state index >= 15 is 0 Å². The second kappa shape index (κ2) is 5.76. The Hall–Kier alpha value is -1.03. The van der Waals surface area contributed by atoms with Crippen molar-refractivity contribution >= 4 is 0 Å². The van der Waals surface area contributed by atoms with E-state index in [2.05, 4.69) is 13.8 Å². The predicted molar refractivity (Wildman–Crippen MR) is 72.1 cm³/mol. The molecule has 1 nitrogen and oxygen atoms in total. The molecule has 1 fully saturated rings. The first-order valence-electron chi connectivity index (χ1n) is 7.12. The minimum Gasteiger partial charge on any atom is -0.388 e. The van der Waals surface area contributed by atoms with Crippen LogP contribution in [0.5, 0.6) is 0 Å². The SMILES string of the molecule is CC1CC(C)CC(C(O)c2ccc(C(F)(F)F)cc2)C1. The Kier molecular flexibility index (Phi) is 4.43. The van der Waals surface area contributed by atoms with Crippen LogP contribution in [-0.2, 0) is 6.18 Å². The normalized spacial score (nSPS) is 29.2. The van der Waals surface area contributed by atoms with Crippen LogP contribution < -0.4 is 0 Å². The van der Waals surface area contributed by atoms with Gasteiger partial charge in [-0.2, -0.15) is 13.2 Å². The van der Waals surface area contributed by atoms with E-state index in [1.54, 1.807) is 0 Å². The highest BCUT2D eigenvalue weighted by atomic mass is 19.4. The molecule has 1 aliphatic carbocycles. The lowest BCUT2D eigenvalue weighted by Gasteiger charge is -2.34. The van der Waals surface area contributed by atoms with Crippen molar-refractivity contribution in [1.82, 2.24) is 0 Å². The van der Waals surface area contributed by atoms with Crippen LogP contribution in [-0.4, -0.2) is 5.11 Å². The molecule has 3 atom stereocenters. The van der Waals surface area contributed by atoms with E-state index in [0.717, 1.165) is 31.4 Å². The Bertz CT molecular complexity index is 428.